The van der Waals surface area contributed by atoms with Crippen LogP contribution >= 0.6 is 0 Å². The topological polar surface area (TPSA) is 108 Å². The molecule has 0 amide bonds. The van der Waals surface area contributed by atoms with E-state index in [1.165, 1.54) is 289 Å². The van der Waals surface area contributed by atoms with Crippen molar-refractivity contribution in [2.45, 2.75) is 392 Å². The van der Waals surface area contributed by atoms with Gasteiger partial charge in [0, 0.05) is 12.8 Å². The highest BCUT2D eigenvalue weighted by molar-refractivity contribution is 5.71. The average Bonchev–Trinajstić information content (AvgIpc) is 3.62. The number of rotatable bonds is 72. The first-order valence-electron chi connectivity index (χ1n) is 38.3. The van der Waals surface area contributed by atoms with Crippen molar-refractivity contribution in [1.29, 1.82) is 0 Å². The fraction of sp³-hybridized carbons (Fsp3) is 0.861. The van der Waals surface area contributed by atoms with E-state index in [9.17, 15) is 19.5 Å². The quantitative estimate of drug-likeness (QED) is 0.0211. The van der Waals surface area contributed by atoms with Crippen molar-refractivity contribution in [1.82, 2.24) is 0 Å². The van der Waals surface area contributed by atoms with Gasteiger partial charge in [-0.25, -0.2) is 4.79 Å². The third-order valence-corrected chi connectivity index (χ3v) is 17.3. The molecule has 0 fully saturated rings. The second kappa shape index (κ2) is 70.1. The lowest BCUT2D eigenvalue weighted by atomic mass is 10.0. The summed E-state index contributed by atoms with van der Waals surface area (Å²) in [6.07, 6.45) is 88.4. The predicted octanol–water partition coefficient (Wildman–Crippen LogP) is 24.1. The van der Waals surface area contributed by atoms with Gasteiger partial charge in [-0.05, 0) is 51.4 Å². The Kier molecular flexibility index (Phi) is 67.9. The normalized spacial score (nSPS) is 12.9. The summed E-state index contributed by atoms with van der Waals surface area (Å²) in [7, 11) is 5.99. The van der Waals surface area contributed by atoms with E-state index < -0.39 is 24.3 Å². The first kappa shape index (κ1) is 85.2. The fourth-order valence-electron chi connectivity index (χ4n) is 11.5. The SMILES string of the molecule is CC/C=C\C/C=C\C/C=C\C/C=C\CCCCCCCCCCCCCCC(=O)OC(COC(=O)CCCCCCCCCCCCCCCCCCCCCCCCCCCCCCCCCCCCCCCC)COC(OCC[N+](C)(C)C)C(=O)O. The van der Waals surface area contributed by atoms with E-state index in [1.54, 1.807) is 0 Å². The molecule has 0 aliphatic rings. The number of aliphatic carboxylic acids is 1. The molecule has 0 heterocycles. The number of esters is 2. The van der Waals surface area contributed by atoms with Gasteiger partial charge in [0.15, 0.2) is 6.10 Å². The molecule has 0 aliphatic heterocycles. The summed E-state index contributed by atoms with van der Waals surface area (Å²) < 4.78 is 23.0. The third kappa shape index (κ3) is 70.7. The molecule has 0 spiro atoms. The van der Waals surface area contributed by atoms with Gasteiger partial charge in [0.05, 0.1) is 34.4 Å². The molecule has 9 heteroatoms. The first-order chi connectivity index (χ1) is 43.1. The Labute approximate surface area is 546 Å². The van der Waals surface area contributed by atoms with Gasteiger partial charge in [-0.1, -0.05) is 364 Å². The molecular formula is C79H148NO8+. The molecular weight excluding hydrogens is 1090 g/mol. The van der Waals surface area contributed by atoms with Gasteiger partial charge >= 0.3 is 17.9 Å². The number of carbonyl (C=O) groups is 3. The molecule has 2 unspecified atom stereocenters. The van der Waals surface area contributed by atoms with E-state index in [1.807, 2.05) is 21.1 Å². The number of allylic oxidation sites excluding steroid dienone is 8. The molecule has 0 aromatic heterocycles. The van der Waals surface area contributed by atoms with Crippen LogP contribution in [0.25, 0.3) is 0 Å². The Bertz CT molecular complexity index is 1580. The van der Waals surface area contributed by atoms with Gasteiger partial charge in [-0.3, -0.25) is 9.59 Å². The van der Waals surface area contributed by atoms with Crippen molar-refractivity contribution in [3.63, 3.8) is 0 Å². The monoisotopic (exact) mass is 1240 g/mol. The first-order valence-corrected chi connectivity index (χ1v) is 38.3. The third-order valence-electron chi connectivity index (χ3n) is 17.3. The van der Waals surface area contributed by atoms with Crippen molar-refractivity contribution < 1.29 is 42.9 Å². The van der Waals surface area contributed by atoms with Crippen LogP contribution < -0.4 is 0 Å². The Balaban J connectivity index is 3.96. The predicted molar refractivity (Wildman–Crippen MR) is 378 cm³/mol. The number of carbonyl (C=O) groups excluding carboxylic acids is 2. The molecule has 0 rings (SSSR count). The summed E-state index contributed by atoms with van der Waals surface area (Å²) in [6.45, 7) is 4.83. The number of hydrogen-bond donors (Lipinski definition) is 1. The number of likely N-dealkylation sites (N-methyl/N-ethyl adjacent to an activating group) is 1. The van der Waals surface area contributed by atoms with Gasteiger partial charge in [-0.2, -0.15) is 0 Å². The van der Waals surface area contributed by atoms with Crippen molar-refractivity contribution in [3.05, 3.63) is 48.6 Å². The maximum Gasteiger partial charge on any atom is 0.361 e. The van der Waals surface area contributed by atoms with Gasteiger partial charge in [-0.15, -0.1) is 0 Å². The van der Waals surface area contributed by atoms with Crippen molar-refractivity contribution >= 4 is 17.9 Å². The molecule has 9 nitrogen and oxygen atoms in total. The Morgan fingerprint density at radius 2 is 0.648 bits per heavy atom. The minimum absolute atomic E-state index is 0.179. The molecule has 0 saturated carbocycles. The van der Waals surface area contributed by atoms with Crippen LogP contribution in [0.3, 0.4) is 0 Å². The molecule has 516 valence electrons. The van der Waals surface area contributed by atoms with E-state index in [4.69, 9.17) is 18.9 Å². The Morgan fingerprint density at radius 1 is 0.352 bits per heavy atom. The smallest absolute Gasteiger partial charge is 0.361 e. The van der Waals surface area contributed by atoms with Gasteiger partial charge < -0.3 is 28.5 Å². The largest absolute Gasteiger partial charge is 0.477 e. The van der Waals surface area contributed by atoms with Crippen LogP contribution in [0.2, 0.25) is 0 Å². The number of carboxylic acids is 1. The Morgan fingerprint density at radius 3 is 0.966 bits per heavy atom. The van der Waals surface area contributed by atoms with Crippen LogP contribution in [0.5, 0.6) is 0 Å². The van der Waals surface area contributed by atoms with Gasteiger partial charge in [0.25, 0.3) is 6.29 Å². The number of carboxylic acid groups (broad SMARTS) is 1. The van der Waals surface area contributed by atoms with E-state index in [0.29, 0.717) is 17.4 Å². The second-order valence-corrected chi connectivity index (χ2v) is 27.3. The standard InChI is InChI=1S/C79H147NO8/c1-6-8-10-12-14-16-18-20-22-24-26-28-30-32-33-34-35-36-37-38-39-40-41-42-43-44-46-47-49-51-53-55-57-59-61-63-65-67-69-76(81)86-73-75(74-87-79(78(83)84)85-72-71-80(3,4)5)88-77(82)70-68-66-64-62-60-58-56-54-52-50-48-45-31-29-27-25-23-21-19-17-15-13-11-9-7-2/h9,11,15,17,21,23,27,29,75,79H,6-8,10,12-14,16,18-20,22,24-26,28,30-74H2,1-5H3/p+1/b11-9-,17-15-,23-21-,29-27-. The van der Waals surface area contributed by atoms with E-state index in [-0.39, 0.29) is 32.2 Å². The Hall–Kier alpha value is -2.75. The van der Waals surface area contributed by atoms with E-state index in [0.717, 1.165) is 64.2 Å². The van der Waals surface area contributed by atoms with Crippen molar-refractivity contribution in [3.8, 4) is 0 Å². The zero-order valence-electron chi connectivity index (χ0n) is 59.2. The van der Waals surface area contributed by atoms with Gasteiger partial charge in [0.1, 0.15) is 13.2 Å². The fourth-order valence-corrected chi connectivity index (χ4v) is 11.5. The number of ether oxygens (including phenoxy) is 4. The molecule has 0 aromatic carbocycles. The molecule has 2 atom stereocenters. The van der Waals surface area contributed by atoms with Crippen LogP contribution in [0.1, 0.15) is 380 Å². The van der Waals surface area contributed by atoms with E-state index in [2.05, 4.69) is 62.5 Å². The van der Waals surface area contributed by atoms with Crippen LogP contribution in [0.4, 0.5) is 0 Å². The molecule has 0 aliphatic carbocycles. The maximum absolute atomic E-state index is 13.0. The summed E-state index contributed by atoms with van der Waals surface area (Å²) in [6, 6.07) is 0. The second-order valence-electron chi connectivity index (χ2n) is 27.3. The molecule has 0 aromatic rings. The highest BCUT2D eigenvalue weighted by Crippen LogP contribution is 2.20. The summed E-state index contributed by atoms with van der Waals surface area (Å²) >= 11 is 0. The number of nitrogens with zero attached hydrogens (tertiary/aromatic N) is 1. The van der Waals surface area contributed by atoms with Crippen LogP contribution in [0.15, 0.2) is 48.6 Å². The molecule has 0 bridgehead atoms. The molecule has 0 saturated heterocycles. The molecule has 0 radical (unpaired) electrons. The summed E-state index contributed by atoms with van der Waals surface area (Å²) in [5.41, 5.74) is 0. The summed E-state index contributed by atoms with van der Waals surface area (Å²) in [5.74, 6) is -1.98. The van der Waals surface area contributed by atoms with Crippen LogP contribution in [-0.2, 0) is 33.3 Å². The highest BCUT2D eigenvalue weighted by atomic mass is 16.7. The average molecular weight is 1240 g/mol. The van der Waals surface area contributed by atoms with E-state index >= 15 is 0 Å². The van der Waals surface area contributed by atoms with Crippen LogP contribution in [0, 0.1) is 0 Å². The van der Waals surface area contributed by atoms with Crippen molar-refractivity contribution in [2.75, 3.05) is 47.5 Å². The molecule has 88 heavy (non-hydrogen) atoms. The van der Waals surface area contributed by atoms with Crippen molar-refractivity contribution in [2.24, 2.45) is 0 Å². The zero-order valence-corrected chi connectivity index (χ0v) is 59.2. The summed E-state index contributed by atoms with van der Waals surface area (Å²) in [5, 5.41) is 9.76. The highest BCUT2D eigenvalue weighted by Gasteiger charge is 2.25. The lowest BCUT2D eigenvalue weighted by molar-refractivity contribution is -0.870. The summed E-state index contributed by atoms with van der Waals surface area (Å²) in [4.78, 5) is 37.7. The minimum atomic E-state index is -1.51. The number of unbranched alkanes of at least 4 members (excludes halogenated alkanes) is 49. The van der Waals surface area contributed by atoms with Gasteiger partial charge in [0.2, 0.25) is 0 Å². The zero-order chi connectivity index (χ0) is 64.0. The number of quaternary nitrogens is 1. The van der Waals surface area contributed by atoms with Crippen LogP contribution in [-0.4, -0.2) is 87.4 Å². The lowest BCUT2D eigenvalue weighted by Crippen LogP contribution is -2.40. The number of hydrogen-bond acceptors (Lipinski definition) is 7. The minimum Gasteiger partial charge on any atom is -0.477 e. The maximum atomic E-state index is 13.0. The molecule has 1 N–H and O–H groups in total. The lowest BCUT2D eigenvalue weighted by Gasteiger charge is -2.25.